The van der Waals surface area contributed by atoms with Crippen molar-refractivity contribution in [2.24, 2.45) is 0 Å². The Kier molecular flexibility index (Phi) is 3.85. The summed E-state index contributed by atoms with van der Waals surface area (Å²) >= 11 is 1.76. The standard InChI is InChI=1S/C14H15N3O3S/c1-9-6-10(17(18)19)7-15-14(9)16-8-12-11-3-5-21-13(11)2-4-20-12/h3,5-7,12H,2,4,8H2,1H3,(H,15,16)/t12-/m0/s1. The summed E-state index contributed by atoms with van der Waals surface area (Å²) in [6.45, 7) is 3.14. The molecule has 0 aromatic carbocycles. The molecule has 3 rings (SSSR count). The molecule has 0 saturated carbocycles. The van der Waals surface area contributed by atoms with Crippen molar-refractivity contribution in [2.75, 3.05) is 18.5 Å². The molecule has 21 heavy (non-hydrogen) atoms. The number of fused-ring (bicyclic) bond motifs is 1. The van der Waals surface area contributed by atoms with E-state index in [1.165, 1.54) is 22.7 Å². The number of nitro groups is 1. The van der Waals surface area contributed by atoms with Crippen LogP contribution in [-0.4, -0.2) is 23.1 Å². The molecule has 0 bridgehead atoms. The highest BCUT2D eigenvalue weighted by atomic mass is 32.1. The zero-order valence-corrected chi connectivity index (χ0v) is 12.4. The second-order valence-corrected chi connectivity index (χ2v) is 5.91. The third-order valence-electron chi connectivity index (χ3n) is 3.50. The molecule has 1 aliphatic rings. The molecule has 0 fully saturated rings. The molecule has 0 radical (unpaired) electrons. The highest BCUT2D eigenvalue weighted by Gasteiger charge is 2.22. The van der Waals surface area contributed by atoms with Gasteiger partial charge < -0.3 is 10.1 Å². The number of aryl methyl sites for hydroxylation is 1. The smallest absolute Gasteiger partial charge is 0.287 e. The van der Waals surface area contributed by atoms with Gasteiger partial charge in [0, 0.05) is 23.9 Å². The summed E-state index contributed by atoms with van der Waals surface area (Å²) in [5.74, 6) is 0.659. The van der Waals surface area contributed by atoms with E-state index in [-0.39, 0.29) is 11.8 Å². The third kappa shape index (κ3) is 2.88. The highest BCUT2D eigenvalue weighted by Crippen LogP contribution is 2.31. The van der Waals surface area contributed by atoms with Crippen molar-refractivity contribution in [3.8, 4) is 0 Å². The van der Waals surface area contributed by atoms with Gasteiger partial charge in [-0.3, -0.25) is 10.1 Å². The van der Waals surface area contributed by atoms with Gasteiger partial charge in [0.2, 0.25) is 0 Å². The van der Waals surface area contributed by atoms with Gasteiger partial charge in [0.15, 0.2) is 0 Å². The zero-order chi connectivity index (χ0) is 14.8. The van der Waals surface area contributed by atoms with Crippen molar-refractivity contribution >= 4 is 22.8 Å². The van der Waals surface area contributed by atoms with Crippen LogP contribution in [0.15, 0.2) is 23.7 Å². The van der Waals surface area contributed by atoms with E-state index in [4.69, 9.17) is 4.74 Å². The largest absolute Gasteiger partial charge is 0.371 e. The van der Waals surface area contributed by atoms with E-state index in [0.29, 0.717) is 12.4 Å². The van der Waals surface area contributed by atoms with Crippen molar-refractivity contribution in [2.45, 2.75) is 19.4 Å². The molecular weight excluding hydrogens is 290 g/mol. The Bertz CT molecular complexity index is 671. The number of pyridine rings is 1. The maximum atomic E-state index is 10.7. The van der Waals surface area contributed by atoms with Gasteiger partial charge in [-0.15, -0.1) is 11.3 Å². The molecule has 2 aromatic heterocycles. The van der Waals surface area contributed by atoms with Crippen LogP contribution in [0, 0.1) is 17.0 Å². The number of anilines is 1. The maximum Gasteiger partial charge on any atom is 0.287 e. The molecule has 7 heteroatoms. The molecule has 6 nitrogen and oxygen atoms in total. The van der Waals surface area contributed by atoms with Crippen LogP contribution >= 0.6 is 11.3 Å². The number of thiophene rings is 1. The number of hydrogen-bond donors (Lipinski definition) is 1. The van der Waals surface area contributed by atoms with Crippen molar-refractivity contribution < 1.29 is 9.66 Å². The van der Waals surface area contributed by atoms with E-state index in [1.54, 1.807) is 18.3 Å². The number of rotatable bonds is 4. The fourth-order valence-electron chi connectivity index (χ4n) is 2.43. The van der Waals surface area contributed by atoms with E-state index in [0.717, 1.165) is 18.6 Å². The quantitative estimate of drug-likeness (QED) is 0.694. The normalized spacial score (nSPS) is 17.3. The Morgan fingerprint density at radius 3 is 3.24 bits per heavy atom. The van der Waals surface area contributed by atoms with Crippen LogP contribution in [-0.2, 0) is 11.2 Å². The molecule has 0 spiro atoms. The first-order valence-corrected chi connectivity index (χ1v) is 7.56. The fraction of sp³-hybridized carbons (Fsp3) is 0.357. The van der Waals surface area contributed by atoms with Gasteiger partial charge in [-0.2, -0.15) is 0 Å². The molecule has 0 amide bonds. The van der Waals surface area contributed by atoms with E-state index < -0.39 is 4.92 Å². The van der Waals surface area contributed by atoms with E-state index in [1.807, 2.05) is 0 Å². The first-order valence-electron chi connectivity index (χ1n) is 6.68. The second kappa shape index (κ2) is 5.79. The lowest BCUT2D eigenvalue weighted by atomic mass is 10.1. The molecule has 3 heterocycles. The predicted octanol–water partition coefficient (Wildman–Crippen LogP) is 3.09. The van der Waals surface area contributed by atoms with Crippen molar-refractivity contribution in [3.05, 3.63) is 49.8 Å². The molecule has 0 unspecified atom stereocenters. The topological polar surface area (TPSA) is 77.3 Å². The van der Waals surface area contributed by atoms with Gasteiger partial charge in [-0.25, -0.2) is 4.98 Å². The summed E-state index contributed by atoms with van der Waals surface area (Å²) in [6.07, 6.45) is 2.25. The van der Waals surface area contributed by atoms with E-state index in [2.05, 4.69) is 21.7 Å². The number of hydrogen-bond acceptors (Lipinski definition) is 6. The molecule has 0 aliphatic carbocycles. The Balaban J connectivity index is 1.70. The number of nitrogens with zero attached hydrogens (tertiary/aromatic N) is 2. The number of aromatic nitrogens is 1. The fourth-order valence-corrected chi connectivity index (χ4v) is 3.34. The summed E-state index contributed by atoms with van der Waals surface area (Å²) in [6, 6.07) is 3.62. The molecule has 110 valence electrons. The lowest BCUT2D eigenvalue weighted by Gasteiger charge is -2.24. The van der Waals surface area contributed by atoms with Gasteiger partial charge in [0.05, 0.1) is 11.5 Å². The average molecular weight is 305 g/mol. The second-order valence-electron chi connectivity index (χ2n) is 4.91. The number of ether oxygens (including phenoxy) is 1. The summed E-state index contributed by atoms with van der Waals surface area (Å²) < 4.78 is 5.79. The molecule has 2 aromatic rings. The summed E-state index contributed by atoms with van der Waals surface area (Å²) in [7, 11) is 0. The predicted molar refractivity (Wildman–Crippen MR) is 80.8 cm³/mol. The Labute approximate surface area is 125 Å². The van der Waals surface area contributed by atoms with Crippen molar-refractivity contribution in [1.82, 2.24) is 4.98 Å². The minimum atomic E-state index is -0.439. The van der Waals surface area contributed by atoms with Crippen LogP contribution in [0.3, 0.4) is 0 Å². The Morgan fingerprint density at radius 2 is 2.48 bits per heavy atom. The van der Waals surface area contributed by atoms with Gasteiger partial charge in [-0.1, -0.05) is 0 Å². The van der Waals surface area contributed by atoms with Crippen molar-refractivity contribution in [3.63, 3.8) is 0 Å². The molecular formula is C14H15N3O3S. The first-order chi connectivity index (χ1) is 10.1. The first kappa shape index (κ1) is 14.0. The minimum Gasteiger partial charge on any atom is -0.371 e. The van der Waals surface area contributed by atoms with Gasteiger partial charge in [0.1, 0.15) is 18.1 Å². The third-order valence-corrected chi connectivity index (χ3v) is 4.50. The van der Waals surface area contributed by atoms with Crippen LogP contribution in [0.1, 0.15) is 22.1 Å². The molecule has 1 N–H and O–H groups in total. The summed E-state index contributed by atoms with van der Waals surface area (Å²) in [5.41, 5.74) is 2.00. The Hall–Kier alpha value is -1.99. The lowest BCUT2D eigenvalue weighted by molar-refractivity contribution is -0.385. The summed E-state index contributed by atoms with van der Waals surface area (Å²) in [4.78, 5) is 15.8. The van der Waals surface area contributed by atoms with Crippen LogP contribution in [0.2, 0.25) is 0 Å². The summed E-state index contributed by atoms with van der Waals surface area (Å²) in [5, 5.41) is 16.0. The number of nitrogens with one attached hydrogen (secondary N) is 1. The van der Waals surface area contributed by atoms with Gasteiger partial charge in [0.25, 0.3) is 5.69 Å². The van der Waals surface area contributed by atoms with Crippen LogP contribution in [0.5, 0.6) is 0 Å². The minimum absolute atomic E-state index is 0.00656. The monoisotopic (exact) mass is 305 g/mol. The Morgan fingerprint density at radius 1 is 1.62 bits per heavy atom. The van der Waals surface area contributed by atoms with Gasteiger partial charge >= 0.3 is 0 Å². The molecule has 0 saturated heterocycles. The van der Waals surface area contributed by atoms with E-state index in [9.17, 15) is 10.1 Å². The van der Waals surface area contributed by atoms with Crippen LogP contribution in [0.4, 0.5) is 11.5 Å². The molecule has 1 aliphatic heterocycles. The maximum absolute atomic E-state index is 10.7. The zero-order valence-electron chi connectivity index (χ0n) is 11.5. The highest BCUT2D eigenvalue weighted by molar-refractivity contribution is 7.10. The average Bonchev–Trinajstić information content (AvgIpc) is 2.94. The SMILES string of the molecule is Cc1cc([N+](=O)[O-])cnc1NC[C@@H]1OCCc2sccc21. The van der Waals surface area contributed by atoms with Crippen LogP contribution in [0.25, 0.3) is 0 Å². The van der Waals surface area contributed by atoms with Crippen molar-refractivity contribution in [1.29, 1.82) is 0 Å². The van der Waals surface area contributed by atoms with Gasteiger partial charge in [-0.05, 0) is 29.5 Å². The lowest BCUT2D eigenvalue weighted by Crippen LogP contribution is -2.22. The van der Waals surface area contributed by atoms with E-state index >= 15 is 0 Å². The van der Waals surface area contributed by atoms with Crippen LogP contribution < -0.4 is 5.32 Å². The molecule has 1 atom stereocenters.